The summed E-state index contributed by atoms with van der Waals surface area (Å²) in [6.45, 7) is 1.52. The van der Waals surface area contributed by atoms with E-state index in [2.05, 4.69) is 26.6 Å². The average molecular weight is 369 g/mol. The van der Waals surface area contributed by atoms with Crippen molar-refractivity contribution in [2.24, 2.45) is 0 Å². The van der Waals surface area contributed by atoms with E-state index in [0.29, 0.717) is 22.3 Å². The number of halogens is 3. The molecule has 5 nitrogen and oxygen atoms in total. The van der Waals surface area contributed by atoms with Crippen molar-refractivity contribution in [3.05, 3.63) is 31.6 Å². The summed E-state index contributed by atoms with van der Waals surface area (Å²) in [7, 11) is 0. The van der Waals surface area contributed by atoms with Crippen molar-refractivity contribution in [1.29, 1.82) is 0 Å². The van der Waals surface area contributed by atoms with Crippen molar-refractivity contribution in [3.8, 4) is 0 Å². The lowest BCUT2D eigenvalue weighted by atomic mass is 9.98. The minimum absolute atomic E-state index is 0. The number of nitrogens with one attached hydrogen (secondary N) is 2. The molecular weight excluding hydrogens is 357 g/mol. The summed E-state index contributed by atoms with van der Waals surface area (Å²) in [5.41, 5.74) is -0.566. The molecule has 0 aliphatic carbocycles. The summed E-state index contributed by atoms with van der Waals surface area (Å²) in [4.78, 5) is 24.3. The highest BCUT2D eigenvalue weighted by Crippen LogP contribution is 2.33. The first-order chi connectivity index (χ1) is 8.55. The van der Waals surface area contributed by atoms with Crippen LogP contribution in [0.5, 0.6) is 0 Å². The smallest absolute Gasteiger partial charge is 0.271 e. The van der Waals surface area contributed by atoms with Gasteiger partial charge < -0.3 is 10.6 Å². The zero-order valence-corrected chi connectivity index (χ0v) is 13.0. The van der Waals surface area contributed by atoms with Gasteiger partial charge in [-0.1, -0.05) is 11.6 Å². The van der Waals surface area contributed by atoms with Gasteiger partial charge in [-0.15, -0.1) is 12.4 Å². The quantitative estimate of drug-likeness (QED) is 0.728. The molecule has 2 aliphatic rings. The van der Waals surface area contributed by atoms with Crippen LogP contribution in [0.3, 0.4) is 0 Å². The molecule has 0 saturated carbocycles. The van der Waals surface area contributed by atoms with Crippen LogP contribution in [0.15, 0.2) is 15.3 Å². The zero-order chi connectivity index (χ0) is 12.9. The van der Waals surface area contributed by atoms with Crippen LogP contribution < -0.4 is 16.2 Å². The number of carbonyl (C=O) groups excluding carboxylic acids is 1. The van der Waals surface area contributed by atoms with Crippen molar-refractivity contribution in [2.75, 3.05) is 13.1 Å². The van der Waals surface area contributed by atoms with Gasteiger partial charge >= 0.3 is 0 Å². The van der Waals surface area contributed by atoms with E-state index in [9.17, 15) is 9.59 Å². The maximum absolute atomic E-state index is 12.3. The number of hydrogen-bond acceptors (Lipinski definition) is 3. The number of nitrogens with zero attached hydrogens (tertiary/aromatic N) is 1. The van der Waals surface area contributed by atoms with Gasteiger partial charge in [0.25, 0.3) is 11.5 Å². The highest BCUT2D eigenvalue weighted by Gasteiger charge is 2.45. The number of rotatable bonds is 0. The van der Waals surface area contributed by atoms with Gasteiger partial charge in [0.1, 0.15) is 11.4 Å². The number of carbonyl (C=O) groups is 1. The summed E-state index contributed by atoms with van der Waals surface area (Å²) in [6.07, 6.45) is 1.36. The van der Waals surface area contributed by atoms with Crippen LogP contribution in [0.25, 0.3) is 0 Å². The summed E-state index contributed by atoms with van der Waals surface area (Å²) < 4.78 is 1.90. The van der Waals surface area contributed by atoms with Crippen LogP contribution in [0.4, 0.5) is 0 Å². The molecular formula is C11H12BrCl2N3O2. The molecule has 1 aromatic rings. The third-order valence-corrected chi connectivity index (χ3v) is 4.39. The maximum Gasteiger partial charge on any atom is 0.271 e. The van der Waals surface area contributed by atoms with Gasteiger partial charge in [-0.05, 0) is 35.1 Å². The summed E-state index contributed by atoms with van der Waals surface area (Å²) in [6, 6.07) is 1.48. The Labute approximate surface area is 129 Å². The van der Waals surface area contributed by atoms with Crippen LogP contribution in [0, 0.1) is 0 Å². The van der Waals surface area contributed by atoms with Crippen molar-refractivity contribution in [1.82, 2.24) is 15.2 Å². The van der Waals surface area contributed by atoms with Crippen molar-refractivity contribution < 1.29 is 4.79 Å². The Hall–Kier alpha value is -0.560. The molecule has 1 spiro atoms. The Balaban J connectivity index is 0.00000133. The molecule has 0 atom stereocenters. The lowest BCUT2D eigenvalue weighted by Gasteiger charge is -2.35. The number of fused-ring (bicyclic) bond motifs is 2. The highest BCUT2D eigenvalue weighted by molar-refractivity contribution is 9.10. The molecule has 1 saturated heterocycles. The van der Waals surface area contributed by atoms with Crippen molar-refractivity contribution in [3.63, 3.8) is 0 Å². The van der Waals surface area contributed by atoms with E-state index in [1.54, 1.807) is 0 Å². The second-order valence-electron chi connectivity index (χ2n) is 4.57. The third kappa shape index (κ3) is 2.11. The monoisotopic (exact) mass is 367 g/mol. The number of amides is 1. The summed E-state index contributed by atoms with van der Waals surface area (Å²) in [5.74, 6) is -0.272. The van der Waals surface area contributed by atoms with E-state index < -0.39 is 5.66 Å². The number of hydrogen-bond donors (Lipinski definition) is 2. The number of piperidine rings is 1. The molecule has 1 fully saturated rings. The Bertz CT molecular complexity index is 596. The van der Waals surface area contributed by atoms with Gasteiger partial charge in [0.05, 0.1) is 9.50 Å². The SMILES string of the molecule is Cl.O=C1NC2(CCNCC2)n2c1c(Cl)cc(Br)c2=O. The van der Waals surface area contributed by atoms with Crippen LogP contribution in [0.2, 0.25) is 5.02 Å². The van der Waals surface area contributed by atoms with E-state index in [-0.39, 0.29) is 29.6 Å². The first-order valence-corrected chi connectivity index (χ1v) is 6.87. The van der Waals surface area contributed by atoms with Gasteiger partial charge in [-0.3, -0.25) is 14.2 Å². The zero-order valence-electron chi connectivity index (χ0n) is 9.83. The fourth-order valence-corrected chi connectivity index (χ4v) is 3.51. The third-order valence-electron chi connectivity index (χ3n) is 3.53. The predicted octanol–water partition coefficient (Wildman–Crippen LogP) is 1.47. The molecule has 1 aromatic heterocycles. The Morgan fingerprint density at radius 3 is 2.58 bits per heavy atom. The molecule has 2 aliphatic heterocycles. The Kier molecular flexibility index (Phi) is 3.97. The molecule has 3 heterocycles. The minimum Gasteiger partial charge on any atom is -0.327 e. The molecule has 19 heavy (non-hydrogen) atoms. The van der Waals surface area contributed by atoms with Crippen molar-refractivity contribution in [2.45, 2.75) is 18.5 Å². The van der Waals surface area contributed by atoms with Gasteiger partial charge in [0, 0.05) is 12.8 Å². The predicted molar refractivity (Wildman–Crippen MR) is 78.2 cm³/mol. The molecule has 0 unspecified atom stereocenters. The lowest BCUT2D eigenvalue weighted by Crippen LogP contribution is -2.53. The van der Waals surface area contributed by atoms with Gasteiger partial charge in [-0.25, -0.2) is 0 Å². The van der Waals surface area contributed by atoms with Crippen LogP contribution in [-0.2, 0) is 5.66 Å². The second-order valence-corrected chi connectivity index (χ2v) is 5.83. The van der Waals surface area contributed by atoms with Gasteiger partial charge in [0.15, 0.2) is 0 Å². The normalized spacial score (nSPS) is 19.8. The fraction of sp³-hybridized carbons (Fsp3) is 0.455. The first-order valence-electron chi connectivity index (χ1n) is 5.70. The molecule has 0 aromatic carbocycles. The first kappa shape index (κ1) is 14.8. The highest BCUT2D eigenvalue weighted by atomic mass is 79.9. The van der Waals surface area contributed by atoms with E-state index in [1.807, 2.05) is 0 Å². The largest absolute Gasteiger partial charge is 0.327 e. The Morgan fingerprint density at radius 1 is 1.32 bits per heavy atom. The fourth-order valence-electron chi connectivity index (χ4n) is 2.69. The molecule has 3 rings (SSSR count). The van der Waals surface area contributed by atoms with E-state index in [4.69, 9.17) is 11.6 Å². The van der Waals surface area contributed by atoms with Crippen LogP contribution in [-0.4, -0.2) is 23.6 Å². The van der Waals surface area contributed by atoms with Gasteiger partial charge in [0.2, 0.25) is 0 Å². The van der Waals surface area contributed by atoms with Crippen molar-refractivity contribution >= 4 is 45.8 Å². The molecule has 1 amide bonds. The summed E-state index contributed by atoms with van der Waals surface area (Å²) >= 11 is 9.28. The second kappa shape index (κ2) is 5.09. The summed E-state index contributed by atoms with van der Waals surface area (Å²) in [5, 5.41) is 6.44. The molecule has 104 valence electrons. The van der Waals surface area contributed by atoms with E-state index in [0.717, 1.165) is 13.1 Å². The number of pyridine rings is 1. The molecule has 0 radical (unpaired) electrons. The molecule has 2 N–H and O–H groups in total. The maximum atomic E-state index is 12.3. The Morgan fingerprint density at radius 2 is 1.95 bits per heavy atom. The molecule has 8 heteroatoms. The average Bonchev–Trinajstić information content (AvgIpc) is 2.60. The van der Waals surface area contributed by atoms with Gasteiger partial charge in [-0.2, -0.15) is 0 Å². The molecule has 0 bridgehead atoms. The topological polar surface area (TPSA) is 63.1 Å². The lowest BCUT2D eigenvalue weighted by molar-refractivity contribution is 0.0886. The standard InChI is InChI=1S/C11H11BrClN3O2.ClH/c12-6-5-7(13)8-9(17)15-11(16(8)10(6)18)1-3-14-4-2-11;/h5,14H,1-4H2,(H,15,17);1H. The number of aromatic nitrogens is 1. The van der Waals surface area contributed by atoms with Crippen LogP contribution >= 0.6 is 39.9 Å². The van der Waals surface area contributed by atoms with E-state index >= 15 is 0 Å². The minimum atomic E-state index is -0.623. The van der Waals surface area contributed by atoms with Crippen LogP contribution in [0.1, 0.15) is 23.3 Å². The van der Waals surface area contributed by atoms with E-state index in [1.165, 1.54) is 10.6 Å².